The van der Waals surface area contributed by atoms with Crippen molar-refractivity contribution in [2.24, 2.45) is 5.92 Å². The highest BCUT2D eigenvalue weighted by atomic mass is 16.5. The first-order valence-electron chi connectivity index (χ1n) is 9.35. The van der Waals surface area contributed by atoms with Gasteiger partial charge in [-0.25, -0.2) is 10.9 Å². The number of carbonyl (C=O) groups is 1. The minimum Gasteiger partial charge on any atom is -0.383 e. The lowest BCUT2D eigenvalue weighted by molar-refractivity contribution is -0.137. The summed E-state index contributed by atoms with van der Waals surface area (Å²) in [6, 6.07) is 11.2. The van der Waals surface area contributed by atoms with Crippen LogP contribution in [0.25, 0.3) is 0 Å². The van der Waals surface area contributed by atoms with Crippen molar-refractivity contribution in [1.29, 1.82) is 0 Å². The van der Waals surface area contributed by atoms with Gasteiger partial charge in [-0.05, 0) is 37.7 Å². The molecule has 3 N–H and O–H groups in total. The lowest BCUT2D eigenvalue weighted by atomic mass is 9.82. The topological polar surface area (TPSA) is 65.6 Å². The summed E-state index contributed by atoms with van der Waals surface area (Å²) >= 11 is 0. The number of methoxy groups -OCH3 is 1. The number of nitrogens with zero attached hydrogens (tertiary/aromatic N) is 1. The quantitative estimate of drug-likeness (QED) is 0.661. The normalized spacial score (nSPS) is 25.6. The summed E-state index contributed by atoms with van der Waals surface area (Å²) in [5.41, 5.74) is 10.8. The Bertz CT molecular complexity index is 539. The molecule has 2 fully saturated rings. The van der Waals surface area contributed by atoms with Gasteiger partial charge in [0, 0.05) is 38.2 Å². The molecule has 0 radical (unpaired) electrons. The first-order valence-corrected chi connectivity index (χ1v) is 9.35. The van der Waals surface area contributed by atoms with Crippen molar-refractivity contribution in [3.05, 3.63) is 35.9 Å². The lowest BCUT2D eigenvalue weighted by Gasteiger charge is -2.33. The third kappa shape index (κ3) is 5.01. The highest BCUT2D eigenvalue weighted by Crippen LogP contribution is 2.27. The molecule has 0 aromatic heterocycles. The predicted molar refractivity (Wildman–Crippen MR) is 97.5 cm³/mol. The largest absolute Gasteiger partial charge is 0.383 e. The van der Waals surface area contributed by atoms with Crippen LogP contribution in [0.3, 0.4) is 0 Å². The molecule has 1 aromatic carbocycles. The van der Waals surface area contributed by atoms with Crippen LogP contribution in [0.5, 0.6) is 0 Å². The molecule has 1 heterocycles. The van der Waals surface area contributed by atoms with Crippen molar-refractivity contribution in [1.82, 2.24) is 21.3 Å². The molecular formula is C19H30N4O2. The Labute approximate surface area is 150 Å². The van der Waals surface area contributed by atoms with E-state index in [4.69, 9.17) is 4.74 Å². The number of hydrazine groups is 2. The molecule has 6 nitrogen and oxygen atoms in total. The standard InChI is InChI=1S/C19H30N4O2/c1-25-13-12-23(11-5-8-15-6-3-2-4-7-15)19(24)16-9-10-17-18(14-16)21-22-20-17/h2-4,6-7,16-18,20-22H,5,8-14H2,1H3. The number of amides is 1. The first-order chi connectivity index (χ1) is 12.3. The van der Waals surface area contributed by atoms with E-state index < -0.39 is 0 Å². The van der Waals surface area contributed by atoms with Gasteiger partial charge in [0.25, 0.3) is 0 Å². The lowest BCUT2D eigenvalue weighted by Crippen LogP contribution is -2.46. The van der Waals surface area contributed by atoms with Gasteiger partial charge in [0.15, 0.2) is 0 Å². The van der Waals surface area contributed by atoms with Crippen LogP contribution in [0, 0.1) is 5.92 Å². The molecule has 0 spiro atoms. The highest BCUT2D eigenvalue weighted by Gasteiger charge is 2.37. The molecule has 1 amide bonds. The molecule has 1 aliphatic carbocycles. The molecular weight excluding hydrogens is 316 g/mol. The Morgan fingerprint density at radius 3 is 2.76 bits per heavy atom. The van der Waals surface area contributed by atoms with Crippen molar-refractivity contribution in [3.8, 4) is 0 Å². The fraction of sp³-hybridized carbons (Fsp3) is 0.632. The molecule has 0 bridgehead atoms. The fourth-order valence-electron chi connectivity index (χ4n) is 3.86. The number of nitrogens with one attached hydrogen (secondary N) is 3. The Kier molecular flexibility index (Phi) is 6.81. The summed E-state index contributed by atoms with van der Waals surface area (Å²) in [5, 5.41) is 0. The monoisotopic (exact) mass is 346 g/mol. The molecule has 1 aromatic rings. The molecule has 1 saturated heterocycles. The van der Waals surface area contributed by atoms with Crippen LogP contribution in [0.4, 0.5) is 0 Å². The Morgan fingerprint density at radius 1 is 1.16 bits per heavy atom. The molecule has 25 heavy (non-hydrogen) atoms. The van der Waals surface area contributed by atoms with Gasteiger partial charge in [-0.1, -0.05) is 30.3 Å². The molecule has 1 aliphatic heterocycles. The van der Waals surface area contributed by atoms with Gasteiger partial charge < -0.3 is 9.64 Å². The number of rotatable bonds is 8. The van der Waals surface area contributed by atoms with Crippen LogP contribution in [0.2, 0.25) is 0 Å². The summed E-state index contributed by atoms with van der Waals surface area (Å²) in [4.78, 5) is 15.0. The minimum atomic E-state index is 0.115. The number of benzene rings is 1. The number of aryl methyl sites for hydroxylation is 1. The molecule has 138 valence electrons. The maximum absolute atomic E-state index is 13.0. The average molecular weight is 346 g/mol. The van der Waals surface area contributed by atoms with E-state index in [1.54, 1.807) is 7.11 Å². The van der Waals surface area contributed by atoms with Crippen molar-refractivity contribution < 1.29 is 9.53 Å². The van der Waals surface area contributed by atoms with Crippen LogP contribution in [0.1, 0.15) is 31.2 Å². The molecule has 3 rings (SSSR count). The van der Waals surface area contributed by atoms with E-state index in [1.165, 1.54) is 5.56 Å². The summed E-state index contributed by atoms with van der Waals surface area (Å²) in [7, 11) is 1.69. The number of hydrogen-bond donors (Lipinski definition) is 3. The van der Waals surface area contributed by atoms with Crippen LogP contribution >= 0.6 is 0 Å². The van der Waals surface area contributed by atoms with Crippen molar-refractivity contribution in [3.63, 3.8) is 0 Å². The van der Waals surface area contributed by atoms with Crippen molar-refractivity contribution in [2.45, 2.75) is 44.2 Å². The molecule has 2 aliphatic rings. The second kappa shape index (κ2) is 9.29. The summed E-state index contributed by atoms with van der Waals surface area (Å²) < 4.78 is 5.22. The molecule has 3 unspecified atom stereocenters. The second-order valence-electron chi connectivity index (χ2n) is 7.04. The zero-order valence-electron chi connectivity index (χ0n) is 15.0. The van der Waals surface area contributed by atoms with Gasteiger partial charge in [-0.2, -0.15) is 5.53 Å². The van der Waals surface area contributed by atoms with Crippen molar-refractivity contribution in [2.75, 3.05) is 26.8 Å². The Hall–Kier alpha value is -1.47. The molecule has 3 atom stereocenters. The average Bonchev–Trinajstić information content (AvgIpc) is 3.12. The van der Waals surface area contributed by atoms with Gasteiger partial charge >= 0.3 is 0 Å². The maximum atomic E-state index is 13.0. The van der Waals surface area contributed by atoms with E-state index in [1.807, 2.05) is 11.0 Å². The summed E-state index contributed by atoms with van der Waals surface area (Å²) in [6.07, 6.45) is 4.87. The van der Waals surface area contributed by atoms with E-state index in [-0.39, 0.29) is 11.8 Å². The molecule has 1 saturated carbocycles. The Balaban J connectivity index is 1.52. The van der Waals surface area contributed by atoms with Gasteiger partial charge in [-0.15, -0.1) is 0 Å². The summed E-state index contributed by atoms with van der Waals surface area (Å²) in [6.45, 7) is 2.07. The zero-order valence-corrected chi connectivity index (χ0v) is 15.0. The van der Waals surface area contributed by atoms with Crippen LogP contribution in [-0.4, -0.2) is 49.7 Å². The maximum Gasteiger partial charge on any atom is 0.225 e. The fourth-order valence-corrected chi connectivity index (χ4v) is 3.86. The zero-order chi connectivity index (χ0) is 17.5. The third-order valence-corrected chi connectivity index (χ3v) is 5.33. The van der Waals surface area contributed by atoms with E-state index in [0.29, 0.717) is 25.2 Å². The Morgan fingerprint density at radius 2 is 1.96 bits per heavy atom. The van der Waals surface area contributed by atoms with Crippen LogP contribution in [-0.2, 0) is 16.0 Å². The van der Waals surface area contributed by atoms with E-state index in [2.05, 4.69) is 40.7 Å². The first kappa shape index (κ1) is 18.3. The third-order valence-electron chi connectivity index (χ3n) is 5.33. The summed E-state index contributed by atoms with van der Waals surface area (Å²) in [5.74, 6) is 0.404. The van der Waals surface area contributed by atoms with Crippen LogP contribution in [0.15, 0.2) is 30.3 Å². The van der Waals surface area contributed by atoms with Gasteiger partial charge in [0.1, 0.15) is 0 Å². The van der Waals surface area contributed by atoms with Gasteiger partial charge in [0.2, 0.25) is 5.91 Å². The minimum absolute atomic E-state index is 0.115. The predicted octanol–water partition coefficient (Wildman–Crippen LogP) is 1.24. The molecule has 6 heteroatoms. The number of ether oxygens (including phenoxy) is 1. The van der Waals surface area contributed by atoms with Gasteiger partial charge in [-0.3, -0.25) is 4.79 Å². The van der Waals surface area contributed by atoms with Gasteiger partial charge in [0.05, 0.1) is 6.61 Å². The van der Waals surface area contributed by atoms with Crippen LogP contribution < -0.4 is 16.4 Å². The number of carbonyl (C=O) groups excluding carboxylic acids is 1. The highest BCUT2D eigenvalue weighted by molar-refractivity contribution is 5.79. The number of fused-ring (bicyclic) bond motifs is 1. The SMILES string of the molecule is COCCN(CCCc1ccccc1)C(=O)C1CCC2NNNC2C1. The second-order valence-corrected chi connectivity index (χ2v) is 7.04. The van der Waals surface area contributed by atoms with E-state index in [9.17, 15) is 4.79 Å². The van der Waals surface area contributed by atoms with E-state index in [0.717, 1.165) is 38.6 Å². The number of hydrogen-bond acceptors (Lipinski definition) is 5. The van der Waals surface area contributed by atoms with E-state index >= 15 is 0 Å². The van der Waals surface area contributed by atoms with Crippen molar-refractivity contribution >= 4 is 5.91 Å². The smallest absolute Gasteiger partial charge is 0.225 e.